The zero-order valence-electron chi connectivity index (χ0n) is 19.9. The number of pyridine rings is 2. The summed E-state index contributed by atoms with van der Waals surface area (Å²) in [5.41, 5.74) is 1.88. The zero-order chi connectivity index (χ0) is 25.7. The fourth-order valence-electron chi connectivity index (χ4n) is 5.08. The van der Waals surface area contributed by atoms with Gasteiger partial charge in [-0.15, -0.1) is 0 Å². The number of rotatable bonds is 5. The SMILES string of the molecule is COc1cc(-c2cc(C(=O)N3CC[C@H](C(=O)Nc4cnn5cc(Br)ccc45)CC34CC4)[nH]n2)c(F)cn1. The van der Waals surface area contributed by atoms with Crippen LogP contribution in [0.2, 0.25) is 0 Å². The first-order valence-electron chi connectivity index (χ1n) is 11.9. The Balaban J connectivity index is 1.16. The van der Waals surface area contributed by atoms with Crippen molar-refractivity contribution >= 4 is 38.9 Å². The van der Waals surface area contributed by atoms with Crippen LogP contribution in [0.1, 0.15) is 36.2 Å². The van der Waals surface area contributed by atoms with Crippen molar-refractivity contribution in [1.29, 1.82) is 0 Å². The minimum absolute atomic E-state index is 0.0675. The predicted molar refractivity (Wildman–Crippen MR) is 136 cm³/mol. The average molecular weight is 568 g/mol. The minimum Gasteiger partial charge on any atom is -0.481 e. The Bertz CT molecular complexity index is 1530. The van der Waals surface area contributed by atoms with Gasteiger partial charge in [0.1, 0.15) is 5.69 Å². The summed E-state index contributed by atoms with van der Waals surface area (Å²) in [6.07, 6.45) is 7.34. The maximum Gasteiger partial charge on any atom is 0.272 e. The van der Waals surface area contributed by atoms with E-state index < -0.39 is 5.82 Å². The number of piperidine rings is 1. The van der Waals surface area contributed by atoms with Crippen molar-refractivity contribution in [3.63, 3.8) is 0 Å². The molecule has 1 saturated carbocycles. The molecule has 1 saturated heterocycles. The average Bonchev–Trinajstić information content (AvgIpc) is 3.30. The van der Waals surface area contributed by atoms with Gasteiger partial charge in [0.2, 0.25) is 11.8 Å². The van der Waals surface area contributed by atoms with Crippen LogP contribution in [0, 0.1) is 11.7 Å². The standard InChI is InChI=1S/C25H23BrFN7O3/c1-37-22-8-16(17(27)11-28-22)18-9-19(32-31-18)24(36)33-7-4-14(10-25(33)5-6-25)23(35)30-20-12-29-34-13-15(26)2-3-21(20)34/h2-3,8-9,11-14H,4-7,10H2,1H3,(H,30,35)(H,31,32)/t14-/m0/s1. The third-order valence-corrected chi connectivity index (χ3v) is 7.67. The van der Waals surface area contributed by atoms with Gasteiger partial charge in [0.05, 0.1) is 36.4 Å². The maximum atomic E-state index is 14.3. The van der Waals surface area contributed by atoms with Crippen LogP contribution < -0.4 is 10.1 Å². The van der Waals surface area contributed by atoms with Gasteiger partial charge in [-0.05, 0) is 59.8 Å². The van der Waals surface area contributed by atoms with Crippen LogP contribution in [-0.4, -0.2) is 60.7 Å². The van der Waals surface area contributed by atoms with Gasteiger partial charge in [0, 0.05) is 40.3 Å². The second kappa shape index (κ2) is 8.94. The van der Waals surface area contributed by atoms with Crippen molar-refractivity contribution in [3.8, 4) is 17.1 Å². The number of hydrogen-bond donors (Lipinski definition) is 2. The molecule has 5 heterocycles. The number of fused-ring (bicyclic) bond motifs is 1. The second-order valence-electron chi connectivity index (χ2n) is 9.47. The van der Waals surface area contributed by atoms with Crippen molar-refractivity contribution in [2.24, 2.45) is 5.92 Å². The number of nitrogens with one attached hydrogen (secondary N) is 2. The van der Waals surface area contributed by atoms with Gasteiger partial charge in [-0.3, -0.25) is 14.7 Å². The van der Waals surface area contributed by atoms with Crippen LogP contribution in [-0.2, 0) is 4.79 Å². The number of carbonyl (C=O) groups excluding carboxylic acids is 2. The molecule has 0 radical (unpaired) electrons. The molecule has 190 valence electrons. The highest BCUT2D eigenvalue weighted by molar-refractivity contribution is 9.10. The molecule has 1 aliphatic carbocycles. The molecule has 4 aromatic heterocycles. The largest absolute Gasteiger partial charge is 0.481 e. The van der Waals surface area contributed by atoms with Crippen molar-refractivity contribution in [1.82, 2.24) is 29.7 Å². The first kappa shape index (κ1) is 23.6. The van der Waals surface area contributed by atoms with E-state index in [0.717, 1.165) is 29.0 Å². The van der Waals surface area contributed by atoms with Gasteiger partial charge in [0.15, 0.2) is 5.82 Å². The molecule has 37 heavy (non-hydrogen) atoms. The molecular weight excluding hydrogens is 545 g/mol. The lowest BCUT2D eigenvalue weighted by atomic mass is 9.88. The molecule has 1 atom stereocenters. The van der Waals surface area contributed by atoms with Crippen LogP contribution in [0.3, 0.4) is 0 Å². The Labute approximate surface area is 219 Å². The van der Waals surface area contributed by atoms with E-state index in [1.54, 1.807) is 16.8 Å². The van der Waals surface area contributed by atoms with E-state index in [0.29, 0.717) is 30.8 Å². The number of anilines is 1. The molecule has 0 bridgehead atoms. The highest BCUT2D eigenvalue weighted by Gasteiger charge is 2.54. The van der Waals surface area contributed by atoms with Crippen LogP contribution in [0.5, 0.6) is 5.88 Å². The smallest absolute Gasteiger partial charge is 0.272 e. The molecule has 12 heteroatoms. The van der Waals surface area contributed by atoms with E-state index in [-0.39, 0.29) is 40.4 Å². The summed E-state index contributed by atoms with van der Waals surface area (Å²) >= 11 is 3.42. The van der Waals surface area contributed by atoms with Crippen LogP contribution in [0.4, 0.5) is 10.1 Å². The fraction of sp³-hybridized carbons (Fsp3) is 0.320. The Hall–Kier alpha value is -3.80. The Kier molecular flexibility index (Phi) is 5.70. The quantitative estimate of drug-likeness (QED) is 0.375. The monoisotopic (exact) mass is 567 g/mol. The number of carbonyl (C=O) groups is 2. The van der Waals surface area contributed by atoms with Gasteiger partial charge in [-0.25, -0.2) is 13.9 Å². The molecule has 4 aromatic rings. The van der Waals surface area contributed by atoms with Crippen LogP contribution in [0.25, 0.3) is 16.8 Å². The number of hydrogen-bond acceptors (Lipinski definition) is 6. The summed E-state index contributed by atoms with van der Waals surface area (Å²) in [6.45, 7) is 0.449. The van der Waals surface area contributed by atoms with Gasteiger partial charge >= 0.3 is 0 Å². The Morgan fingerprint density at radius 2 is 2.11 bits per heavy atom. The molecule has 0 aromatic carbocycles. The number of amides is 2. The summed E-state index contributed by atoms with van der Waals surface area (Å²) in [4.78, 5) is 32.3. The molecule has 0 unspecified atom stereocenters. The summed E-state index contributed by atoms with van der Waals surface area (Å²) in [5.74, 6) is -0.795. The summed E-state index contributed by atoms with van der Waals surface area (Å²) in [7, 11) is 1.44. The van der Waals surface area contributed by atoms with E-state index in [1.807, 2.05) is 23.2 Å². The van der Waals surface area contributed by atoms with Gasteiger partial charge in [-0.2, -0.15) is 10.2 Å². The summed E-state index contributed by atoms with van der Waals surface area (Å²) in [5, 5.41) is 14.2. The number of halogens is 2. The zero-order valence-corrected chi connectivity index (χ0v) is 21.5. The first-order valence-corrected chi connectivity index (χ1v) is 12.7. The van der Waals surface area contributed by atoms with Gasteiger partial charge in [-0.1, -0.05) is 0 Å². The highest BCUT2D eigenvalue weighted by Crippen LogP contribution is 2.50. The third kappa shape index (κ3) is 4.24. The van der Waals surface area contributed by atoms with E-state index in [9.17, 15) is 14.0 Å². The summed E-state index contributed by atoms with van der Waals surface area (Å²) < 4.78 is 22.0. The Morgan fingerprint density at radius 1 is 1.27 bits per heavy atom. The number of nitrogens with zero attached hydrogens (tertiary/aromatic N) is 5. The highest BCUT2D eigenvalue weighted by atomic mass is 79.9. The minimum atomic E-state index is -0.560. The molecule has 1 aliphatic heterocycles. The normalized spacial score (nSPS) is 18.2. The lowest BCUT2D eigenvalue weighted by Crippen LogP contribution is -2.50. The number of H-pyrrole nitrogens is 1. The lowest BCUT2D eigenvalue weighted by Gasteiger charge is -2.39. The molecule has 10 nitrogen and oxygen atoms in total. The van der Waals surface area contributed by atoms with E-state index in [2.05, 4.69) is 41.5 Å². The van der Waals surface area contributed by atoms with E-state index in [1.165, 1.54) is 13.2 Å². The third-order valence-electron chi connectivity index (χ3n) is 7.20. The molecule has 2 amide bonds. The van der Waals surface area contributed by atoms with E-state index in [4.69, 9.17) is 4.74 Å². The second-order valence-corrected chi connectivity index (χ2v) is 10.4. The fourth-order valence-corrected chi connectivity index (χ4v) is 5.41. The van der Waals surface area contributed by atoms with Crippen molar-refractivity contribution in [3.05, 3.63) is 58.8 Å². The van der Waals surface area contributed by atoms with Gasteiger partial charge in [0.25, 0.3) is 5.91 Å². The van der Waals surface area contributed by atoms with Crippen molar-refractivity contribution < 1.29 is 18.7 Å². The molecule has 2 fully saturated rings. The lowest BCUT2D eigenvalue weighted by molar-refractivity contribution is -0.122. The van der Waals surface area contributed by atoms with Crippen molar-refractivity contribution in [2.45, 2.75) is 31.2 Å². The number of ether oxygens (including phenoxy) is 1. The first-order chi connectivity index (χ1) is 17.9. The molecule has 6 rings (SSSR count). The molecular formula is C25H23BrFN7O3. The van der Waals surface area contributed by atoms with Crippen LogP contribution in [0.15, 0.2) is 47.3 Å². The van der Waals surface area contributed by atoms with Crippen LogP contribution >= 0.6 is 15.9 Å². The molecule has 1 spiro atoms. The predicted octanol–water partition coefficient (Wildman–Crippen LogP) is 4.05. The Morgan fingerprint density at radius 3 is 2.89 bits per heavy atom. The van der Waals surface area contributed by atoms with Gasteiger partial charge < -0.3 is 15.0 Å². The molecule has 2 N–H and O–H groups in total. The number of methoxy groups -OCH3 is 1. The maximum absolute atomic E-state index is 14.3. The number of aromatic amines is 1. The number of likely N-dealkylation sites (tertiary alicyclic amines) is 1. The number of aromatic nitrogens is 5. The molecule has 2 aliphatic rings. The summed E-state index contributed by atoms with van der Waals surface area (Å²) in [6, 6.07) is 6.77. The van der Waals surface area contributed by atoms with E-state index >= 15 is 0 Å². The van der Waals surface area contributed by atoms with Crippen molar-refractivity contribution in [2.75, 3.05) is 19.0 Å². The topological polar surface area (TPSA) is 118 Å².